The molecule has 11 nitrogen and oxygen atoms in total. The number of pyridine rings is 2. The van der Waals surface area contributed by atoms with Crippen molar-refractivity contribution < 1.29 is 46.9 Å². The lowest BCUT2D eigenvalue weighted by Crippen LogP contribution is -2.58. The number of benzene rings is 1. The van der Waals surface area contributed by atoms with E-state index in [-0.39, 0.29) is 17.8 Å². The molecule has 3 atom stereocenters. The highest BCUT2D eigenvalue weighted by atomic mass is 19.1. The van der Waals surface area contributed by atoms with Gasteiger partial charge in [-0.25, -0.2) is 27.7 Å². The maximum atomic E-state index is 14.9. The van der Waals surface area contributed by atoms with Crippen molar-refractivity contribution in [3.05, 3.63) is 77.0 Å². The Labute approximate surface area is 257 Å². The van der Waals surface area contributed by atoms with Gasteiger partial charge in [-0.05, 0) is 65.0 Å². The van der Waals surface area contributed by atoms with Crippen LogP contribution >= 0.6 is 0 Å². The number of methoxy groups -OCH3 is 1. The van der Waals surface area contributed by atoms with Crippen LogP contribution in [-0.2, 0) is 14.2 Å². The molecule has 2 amide bonds. The predicted octanol–water partition coefficient (Wildman–Crippen LogP) is 5.09. The molecule has 4 rings (SSSR count). The van der Waals surface area contributed by atoms with E-state index in [2.05, 4.69) is 25.3 Å². The second-order valence-corrected chi connectivity index (χ2v) is 11.9. The number of alkyl carbamates (subject to hydrolysis) is 1. The van der Waals surface area contributed by atoms with Gasteiger partial charge in [0, 0.05) is 18.2 Å². The summed E-state index contributed by atoms with van der Waals surface area (Å²) in [4.78, 5) is 45.4. The second-order valence-electron chi connectivity index (χ2n) is 11.9. The maximum Gasteiger partial charge on any atom is 0.407 e. The van der Waals surface area contributed by atoms with Crippen molar-refractivity contribution >= 4 is 23.7 Å². The first-order valence-electron chi connectivity index (χ1n) is 13.9. The number of carbonyl (C=O) groups excluding carboxylic acids is 3. The Kier molecular flexibility index (Phi) is 9.49. The summed E-state index contributed by atoms with van der Waals surface area (Å²) in [5.41, 5.74) is -3.79. The number of nitrogens with one attached hydrogen (secondary N) is 2. The molecule has 0 saturated carbocycles. The predicted molar refractivity (Wildman–Crippen MR) is 155 cm³/mol. The molecule has 3 aromatic rings. The number of aliphatic hydroxyl groups excluding tert-OH is 1. The van der Waals surface area contributed by atoms with Crippen molar-refractivity contribution in [2.75, 3.05) is 12.4 Å². The third kappa shape index (κ3) is 7.57. The Morgan fingerprint density at radius 3 is 2.36 bits per heavy atom. The van der Waals surface area contributed by atoms with Crippen LogP contribution in [0.25, 0.3) is 11.3 Å². The van der Waals surface area contributed by atoms with Crippen molar-refractivity contribution in [3.8, 4) is 11.3 Å². The van der Waals surface area contributed by atoms with Gasteiger partial charge in [-0.1, -0.05) is 0 Å². The number of aromatic nitrogens is 2. The summed E-state index contributed by atoms with van der Waals surface area (Å²) in [5, 5.41) is 16.2. The number of anilines is 1. The van der Waals surface area contributed by atoms with Gasteiger partial charge < -0.3 is 30.0 Å². The number of ether oxygens (including phenoxy) is 3. The summed E-state index contributed by atoms with van der Waals surface area (Å²) < 4.78 is 60.5. The lowest BCUT2D eigenvalue weighted by molar-refractivity contribution is -0.184. The van der Waals surface area contributed by atoms with Crippen LogP contribution in [-0.4, -0.2) is 63.5 Å². The number of nitrogens with zero attached hydrogens (tertiary/aromatic N) is 2. The topological polar surface area (TPSA) is 149 Å². The van der Waals surface area contributed by atoms with Crippen molar-refractivity contribution in [3.63, 3.8) is 0 Å². The van der Waals surface area contributed by atoms with Crippen molar-refractivity contribution in [2.45, 2.75) is 70.5 Å². The summed E-state index contributed by atoms with van der Waals surface area (Å²) in [6.45, 7) is 8.41. The fourth-order valence-corrected chi connectivity index (χ4v) is 4.87. The van der Waals surface area contributed by atoms with Gasteiger partial charge in [0.1, 0.15) is 40.5 Å². The lowest BCUT2D eigenvalue weighted by Gasteiger charge is -2.45. The van der Waals surface area contributed by atoms with E-state index in [1.807, 2.05) is 0 Å². The third-order valence-corrected chi connectivity index (χ3v) is 6.94. The van der Waals surface area contributed by atoms with Crippen LogP contribution in [0.4, 0.5) is 23.7 Å². The van der Waals surface area contributed by atoms with Gasteiger partial charge in [0.25, 0.3) is 5.91 Å². The molecule has 0 bridgehead atoms. The van der Waals surface area contributed by atoms with Crippen molar-refractivity contribution in [1.29, 1.82) is 0 Å². The van der Waals surface area contributed by atoms with Crippen LogP contribution in [0.15, 0.2) is 42.7 Å². The van der Waals surface area contributed by atoms with E-state index < -0.39 is 81.7 Å². The van der Waals surface area contributed by atoms with Crippen LogP contribution in [0.1, 0.15) is 73.6 Å². The number of rotatable bonds is 6. The van der Waals surface area contributed by atoms with E-state index in [9.17, 15) is 32.7 Å². The van der Waals surface area contributed by atoms with Gasteiger partial charge in [-0.3, -0.25) is 9.78 Å². The summed E-state index contributed by atoms with van der Waals surface area (Å²) in [6.07, 6.45) is 0.300. The van der Waals surface area contributed by atoms with E-state index in [1.165, 1.54) is 12.4 Å². The van der Waals surface area contributed by atoms with Gasteiger partial charge in [0.2, 0.25) is 0 Å². The number of carbonyl (C=O) groups is 3. The van der Waals surface area contributed by atoms with Crippen LogP contribution in [0.2, 0.25) is 0 Å². The van der Waals surface area contributed by atoms with Gasteiger partial charge in [0.05, 0.1) is 47.9 Å². The minimum atomic E-state index is -1.29. The van der Waals surface area contributed by atoms with Gasteiger partial charge in [-0.15, -0.1) is 0 Å². The van der Waals surface area contributed by atoms with Crippen molar-refractivity contribution in [1.82, 2.24) is 15.3 Å². The molecule has 1 aliphatic heterocycles. The molecule has 3 N–H and O–H groups in total. The summed E-state index contributed by atoms with van der Waals surface area (Å²) in [5.74, 6) is -5.56. The SMILES string of the molecule is COC(=O)c1cc(F)c(-c2nc(C(=O)Nc3cnccc3C3CC(NC(=O)OC(C)(C)C)C(O)C(C)(C)O3)ccc2F)c(F)c1. The molecule has 45 heavy (non-hydrogen) atoms. The fraction of sp³-hybridized carbons (Fsp3) is 0.387. The number of amides is 2. The van der Waals surface area contributed by atoms with E-state index >= 15 is 0 Å². The number of esters is 1. The first-order chi connectivity index (χ1) is 21.0. The maximum absolute atomic E-state index is 14.9. The summed E-state index contributed by atoms with van der Waals surface area (Å²) >= 11 is 0. The largest absolute Gasteiger partial charge is 0.465 e. The quantitative estimate of drug-likeness (QED) is 0.317. The zero-order valence-electron chi connectivity index (χ0n) is 25.4. The Morgan fingerprint density at radius 1 is 1.07 bits per heavy atom. The Morgan fingerprint density at radius 2 is 1.73 bits per heavy atom. The van der Waals surface area contributed by atoms with Crippen molar-refractivity contribution in [2.24, 2.45) is 0 Å². The minimum Gasteiger partial charge on any atom is -0.465 e. The summed E-state index contributed by atoms with van der Waals surface area (Å²) in [6, 6.07) is 3.99. The number of halogens is 3. The second kappa shape index (κ2) is 12.8. The highest BCUT2D eigenvalue weighted by Gasteiger charge is 2.45. The normalized spacial score (nSPS) is 19.4. The zero-order valence-corrected chi connectivity index (χ0v) is 25.4. The van der Waals surface area contributed by atoms with Gasteiger partial charge in [0.15, 0.2) is 0 Å². The fourth-order valence-electron chi connectivity index (χ4n) is 4.87. The molecular weight excluding hydrogens is 597 g/mol. The molecule has 1 aliphatic rings. The molecule has 2 aromatic heterocycles. The van der Waals surface area contributed by atoms with Gasteiger partial charge >= 0.3 is 12.1 Å². The number of hydrogen-bond acceptors (Lipinski definition) is 9. The van der Waals surface area contributed by atoms with E-state index in [0.29, 0.717) is 17.7 Å². The molecule has 0 aliphatic carbocycles. The molecule has 3 unspecified atom stereocenters. The van der Waals surface area contributed by atoms with Crippen LogP contribution in [0, 0.1) is 17.5 Å². The highest BCUT2D eigenvalue weighted by molar-refractivity contribution is 6.03. The molecule has 0 spiro atoms. The summed E-state index contributed by atoms with van der Waals surface area (Å²) in [7, 11) is 1.03. The average molecular weight is 631 g/mol. The number of aliphatic hydroxyl groups is 1. The molecular formula is C31H33F3N4O7. The minimum absolute atomic E-state index is 0.0930. The Bertz CT molecular complexity index is 1600. The highest BCUT2D eigenvalue weighted by Crippen LogP contribution is 2.40. The average Bonchev–Trinajstić information content (AvgIpc) is 2.94. The Hall–Kier alpha value is -4.56. The first-order valence-corrected chi connectivity index (χ1v) is 13.9. The van der Waals surface area contributed by atoms with Crippen LogP contribution in [0.5, 0.6) is 0 Å². The first kappa shape index (κ1) is 33.3. The smallest absolute Gasteiger partial charge is 0.407 e. The molecule has 3 heterocycles. The molecule has 1 aromatic carbocycles. The lowest BCUT2D eigenvalue weighted by atomic mass is 9.85. The molecule has 0 radical (unpaired) electrons. The number of hydrogen-bond donors (Lipinski definition) is 3. The van der Waals surface area contributed by atoms with Crippen LogP contribution < -0.4 is 10.6 Å². The monoisotopic (exact) mass is 630 g/mol. The zero-order chi connectivity index (χ0) is 33.3. The molecule has 14 heteroatoms. The van der Waals surface area contributed by atoms with Crippen LogP contribution in [0.3, 0.4) is 0 Å². The molecule has 1 saturated heterocycles. The van der Waals surface area contributed by atoms with E-state index in [4.69, 9.17) is 9.47 Å². The molecule has 240 valence electrons. The molecule has 1 fully saturated rings. The van der Waals surface area contributed by atoms with E-state index in [0.717, 1.165) is 19.2 Å². The third-order valence-electron chi connectivity index (χ3n) is 6.94. The van der Waals surface area contributed by atoms with E-state index in [1.54, 1.807) is 40.7 Å². The standard InChI is InChI=1S/C31H33F3N4O7/c1-30(2,3)45-29(42)38-21-13-23(44-31(4,5)26(21)39)16-9-10-35-14-22(16)37-27(40)20-8-7-17(32)25(36-20)24-18(33)11-15(12-19(24)34)28(41)43-6/h7-12,14,21,23,26,39H,13H2,1-6H3,(H,37,40)(H,38,42). The van der Waals surface area contributed by atoms with Gasteiger partial charge in [-0.2, -0.15) is 0 Å². The Balaban J connectivity index is 1.61.